The Morgan fingerprint density at radius 1 is 1.03 bits per heavy atom. The standard InChI is InChI=1S/C29H46O/c1-7-21(19(2)3)12-11-20(4)23-13-14-24-22-18-27(30)26-10-8-9-16-28(26,5)25(22)15-17-29(23,24)6/h8-9,11-12,19-26H,7,10,13-18H2,1-6H3/b12-11+/t20-,21-,22+,23-,24+,25+,26?,28-,29-/m1/s1. The Balaban J connectivity index is 1.54. The lowest BCUT2D eigenvalue weighted by Crippen LogP contribution is -2.55. The third-order valence-corrected chi connectivity index (χ3v) is 10.7. The molecule has 9 atom stereocenters. The minimum Gasteiger partial charge on any atom is -0.299 e. The molecule has 0 aliphatic heterocycles. The van der Waals surface area contributed by atoms with Crippen molar-refractivity contribution in [2.75, 3.05) is 0 Å². The van der Waals surface area contributed by atoms with E-state index in [4.69, 9.17) is 0 Å². The average Bonchev–Trinajstić information content (AvgIpc) is 3.05. The molecule has 4 aliphatic rings. The Morgan fingerprint density at radius 2 is 1.77 bits per heavy atom. The van der Waals surface area contributed by atoms with Gasteiger partial charge in [0, 0.05) is 12.3 Å². The molecule has 0 amide bonds. The maximum Gasteiger partial charge on any atom is 0.137 e. The molecular formula is C29H46O. The van der Waals surface area contributed by atoms with Crippen LogP contribution in [0.4, 0.5) is 0 Å². The van der Waals surface area contributed by atoms with Gasteiger partial charge in [-0.15, -0.1) is 0 Å². The van der Waals surface area contributed by atoms with Gasteiger partial charge in [0.25, 0.3) is 0 Å². The number of hydrogen-bond acceptors (Lipinski definition) is 1. The van der Waals surface area contributed by atoms with Crippen molar-refractivity contribution in [3.8, 4) is 0 Å². The highest BCUT2D eigenvalue weighted by molar-refractivity contribution is 5.83. The summed E-state index contributed by atoms with van der Waals surface area (Å²) in [5.74, 6) is 5.94. The number of carbonyl (C=O) groups is 1. The second kappa shape index (κ2) is 8.25. The Kier molecular flexibility index (Phi) is 6.15. The molecule has 1 heteroatoms. The molecule has 0 N–H and O–H groups in total. The van der Waals surface area contributed by atoms with E-state index >= 15 is 0 Å². The minimum atomic E-state index is 0.227. The zero-order chi connectivity index (χ0) is 21.7. The Labute approximate surface area is 186 Å². The zero-order valence-corrected chi connectivity index (χ0v) is 20.5. The Bertz CT molecular complexity index is 701. The van der Waals surface area contributed by atoms with Crippen molar-refractivity contribution in [2.45, 2.75) is 92.9 Å². The number of rotatable bonds is 5. The van der Waals surface area contributed by atoms with Crippen LogP contribution in [0.3, 0.4) is 0 Å². The van der Waals surface area contributed by atoms with Crippen LogP contribution >= 0.6 is 0 Å². The number of Topliss-reactive ketones (excluding diaryl/α,β-unsaturated/α-hetero) is 1. The summed E-state index contributed by atoms with van der Waals surface area (Å²) < 4.78 is 0. The summed E-state index contributed by atoms with van der Waals surface area (Å²) in [6.07, 6.45) is 19.4. The molecule has 0 saturated heterocycles. The summed E-state index contributed by atoms with van der Waals surface area (Å²) in [7, 11) is 0. The highest BCUT2D eigenvalue weighted by atomic mass is 16.1. The van der Waals surface area contributed by atoms with Gasteiger partial charge in [-0.1, -0.05) is 65.8 Å². The first kappa shape index (κ1) is 22.3. The van der Waals surface area contributed by atoms with E-state index in [-0.39, 0.29) is 5.41 Å². The number of hydrogen-bond donors (Lipinski definition) is 0. The van der Waals surface area contributed by atoms with E-state index in [1.165, 1.54) is 32.1 Å². The zero-order valence-electron chi connectivity index (χ0n) is 20.5. The summed E-state index contributed by atoms with van der Waals surface area (Å²) in [5, 5.41) is 0. The van der Waals surface area contributed by atoms with Crippen LogP contribution in [0, 0.1) is 58.2 Å². The van der Waals surface area contributed by atoms with Crippen molar-refractivity contribution in [1.82, 2.24) is 0 Å². The third-order valence-electron chi connectivity index (χ3n) is 10.7. The lowest BCUT2D eigenvalue weighted by molar-refractivity contribution is -0.149. The number of ketones is 1. The van der Waals surface area contributed by atoms with E-state index in [0.717, 1.165) is 42.9 Å². The number of fused-ring (bicyclic) bond motifs is 5. The largest absolute Gasteiger partial charge is 0.299 e. The summed E-state index contributed by atoms with van der Waals surface area (Å²) in [4.78, 5) is 13.2. The molecule has 0 aromatic rings. The predicted molar refractivity (Wildman–Crippen MR) is 127 cm³/mol. The topological polar surface area (TPSA) is 17.1 Å². The van der Waals surface area contributed by atoms with Gasteiger partial charge < -0.3 is 0 Å². The van der Waals surface area contributed by atoms with Gasteiger partial charge in [0.15, 0.2) is 0 Å². The molecule has 0 aromatic carbocycles. The molecule has 3 fully saturated rings. The van der Waals surface area contributed by atoms with Crippen molar-refractivity contribution in [3.05, 3.63) is 24.3 Å². The van der Waals surface area contributed by atoms with Crippen molar-refractivity contribution >= 4 is 5.78 Å². The Morgan fingerprint density at radius 3 is 2.47 bits per heavy atom. The summed E-state index contributed by atoms with van der Waals surface area (Å²) in [5.41, 5.74) is 0.656. The molecule has 3 saturated carbocycles. The molecular weight excluding hydrogens is 364 g/mol. The van der Waals surface area contributed by atoms with Crippen LogP contribution in [-0.4, -0.2) is 5.78 Å². The van der Waals surface area contributed by atoms with Crippen LogP contribution in [0.15, 0.2) is 24.3 Å². The third kappa shape index (κ3) is 3.47. The van der Waals surface area contributed by atoms with E-state index in [9.17, 15) is 4.79 Å². The molecule has 168 valence electrons. The maximum atomic E-state index is 13.2. The van der Waals surface area contributed by atoms with Crippen LogP contribution in [0.1, 0.15) is 92.9 Å². The molecule has 1 unspecified atom stereocenters. The van der Waals surface area contributed by atoms with Crippen molar-refractivity contribution in [1.29, 1.82) is 0 Å². The van der Waals surface area contributed by atoms with Crippen LogP contribution in [0.25, 0.3) is 0 Å². The van der Waals surface area contributed by atoms with Crippen molar-refractivity contribution in [3.63, 3.8) is 0 Å². The van der Waals surface area contributed by atoms with Crippen LogP contribution in [0.5, 0.6) is 0 Å². The molecule has 0 aromatic heterocycles. The quantitative estimate of drug-likeness (QED) is 0.421. The van der Waals surface area contributed by atoms with Crippen LogP contribution in [-0.2, 0) is 4.79 Å². The normalized spacial score (nSPS) is 45.3. The average molecular weight is 411 g/mol. The molecule has 30 heavy (non-hydrogen) atoms. The van der Waals surface area contributed by atoms with Crippen molar-refractivity contribution in [2.24, 2.45) is 58.2 Å². The smallest absolute Gasteiger partial charge is 0.137 e. The first-order chi connectivity index (χ1) is 14.2. The second-order valence-electron chi connectivity index (χ2n) is 12.3. The van der Waals surface area contributed by atoms with E-state index in [0.29, 0.717) is 34.9 Å². The first-order valence-electron chi connectivity index (χ1n) is 13.1. The van der Waals surface area contributed by atoms with E-state index in [1.54, 1.807) is 0 Å². The van der Waals surface area contributed by atoms with Gasteiger partial charge in [-0.25, -0.2) is 0 Å². The SMILES string of the molecule is CC[C@H](/C=C/[C@@H](C)[C@H]1CC[C@H]2[C@@H]3CC(=O)C4CC=CC[C@]4(C)[C@H]3CC[C@]12C)C(C)C. The fourth-order valence-electron chi connectivity index (χ4n) is 8.84. The van der Waals surface area contributed by atoms with E-state index in [1.807, 2.05) is 0 Å². The second-order valence-corrected chi connectivity index (χ2v) is 12.3. The fraction of sp³-hybridized carbons (Fsp3) is 0.828. The molecule has 4 aliphatic carbocycles. The van der Waals surface area contributed by atoms with Crippen molar-refractivity contribution < 1.29 is 4.79 Å². The van der Waals surface area contributed by atoms with Gasteiger partial charge in [-0.05, 0) is 97.2 Å². The summed E-state index contributed by atoms with van der Waals surface area (Å²) in [6, 6.07) is 0. The molecule has 0 radical (unpaired) electrons. The monoisotopic (exact) mass is 410 g/mol. The molecule has 1 nitrogen and oxygen atoms in total. The number of carbonyl (C=O) groups excluding carboxylic acids is 1. The van der Waals surface area contributed by atoms with Gasteiger partial charge in [0.2, 0.25) is 0 Å². The van der Waals surface area contributed by atoms with E-state index in [2.05, 4.69) is 65.8 Å². The first-order valence-corrected chi connectivity index (χ1v) is 13.1. The molecule has 0 spiro atoms. The summed E-state index contributed by atoms with van der Waals surface area (Å²) >= 11 is 0. The minimum absolute atomic E-state index is 0.227. The fourth-order valence-corrected chi connectivity index (χ4v) is 8.84. The van der Waals surface area contributed by atoms with Gasteiger partial charge >= 0.3 is 0 Å². The van der Waals surface area contributed by atoms with Gasteiger partial charge in [0.1, 0.15) is 5.78 Å². The van der Waals surface area contributed by atoms with Gasteiger partial charge in [-0.2, -0.15) is 0 Å². The highest BCUT2D eigenvalue weighted by Gasteiger charge is 2.61. The van der Waals surface area contributed by atoms with E-state index < -0.39 is 0 Å². The van der Waals surface area contributed by atoms with Crippen LogP contribution in [0.2, 0.25) is 0 Å². The Hall–Kier alpha value is -0.850. The lowest BCUT2D eigenvalue weighted by atomic mass is 9.45. The van der Waals surface area contributed by atoms with Gasteiger partial charge in [-0.3, -0.25) is 4.79 Å². The number of allylic oxidation sites excluding steroid dienone is 4. The predicted octanol–water partition coefficient (Wildman–Crippen LogP) is 7.86. The molecule has 0 heterocycles. The maximum absolute atomic E-state index is 13.2. The highest BCUT2D eigenvalue weighted by Crippen LogP contribution is 2.67. The summed E-state index contributed by atoms with van der Waals surface area (Å²) in [6.45, 7) is 14.6. The van der Waals surface area contributed by atoms with Crippen LogP contribution < -0.4 is 0 Å². The molecule has 0 bridgehead atoms. The van der Waals surface area contributed by atoms with Gasteiger partial charge in [0.05, 0.1) is 0 Å². The molecule has 4 rings (SSSR count). The lowest BCUT2D eigenvalue weighted by Gasteiger charge is -2.59.